The van der Waals surface area contributed by atoms with Gasteiger partial charge in [0.1, 0.15) is 11.7 Å². The first-order chi connectivity index (χ1) is 20.8. The van der Waals surface area contributed by atoms with Crippen LogP contribution in [0.4, 0.5) is 11.4 Å². The number of rotatable bonds is 6. The molecule has 2 aliphatic rings. The average Bonchev–Trinajstić information content (AvgIpc) is 3.26. The van der Waals surface area contributed by atoms with Crippen molar-refractivity contribution >= 4 is 43.0 Å². The molecule has 1 N–H and O–H groups in total. The Labute approximate surface area is 261 Å². The zero-order chi connectivity index (χ0) is 31.5. The molecule has 0 amide bonds. The lowest BCUT2D eigenvalue weighted by atomic mass is 9.78. The molecule has 2 heterocycles. The fraction of sp³-hybridized carbons (Fsp3) is 0.263. The second kappa shape index (κ2) is 10.6. The fourth-order valence-corrected chi connectivity index (χ4v) is 8.97. The van der Waals surface area contributed by atoms with E-state index in [0.29, 0.717) is 0 Å². The summed E-state index contributed by atoms with van der Waals surface area (Å²) in [6.07, 6.45) is 14.3. The highest BCUT2D eigenvalue weighted by atomic mass is 32.2. The smallest absolute Gasteiger partial charge is 0.316 e. The Morgan fingerprint density at radius 1 is 0.795 bits per heavy atom. The van der Waals surface area contributed by atoms with Crippen molar-refractivity contribution < 1.29 is 13.0 Å². The van der Waals surface area contributed by atoms with Gasteiger partial charge in [0.2, 0.25) is 5.88 Å². The van der Waals surface area contributed by atoms with Gasteiger partial charge in [-0.3, -0.25) is 9.04 Å². The van der Waals surface area contributed by atoms with Crippen LogP contribution in [0.15, 0.2) is 121 Å². The van der Waals surface area contributed by atoms with Crippen molar-refractivity contribution in [3.05, 3.63) is 132 Å². The second-order valence-electron chi connectivity index (χ2n) is 13.4. The molecule has 226 valence electrons. The predicted octanol–water partition coefficient (Wildman–Crippen LogP) is 8.42. The van der Waals surface area contributed by atoms with Gasteiger partial charge < -0.3 is 4.90 Å². The lowest BCUT2D eigenvalue weighted by Gasteiger charge is -2.37. The molecule has 0 spiro atoms. The Bertz CT molecular complexity index is 2020. The van der Waals surface area contributed by atoms with E-state index in [2.05, 4.69) is 106 Å². The van der Waals surface area contributed by atoms with Gasteiger partial charge >= 0.3 is 10.1 Å². The van der Waals surface area contributed by atoms with Crippen LogP contribution in [0.5, 0.6) is 0 Å². The molecular weight excluding hydrogens is 564 g/mol. The second-order valence-corrected chi connectivity index (χ2v) is 14.8. The number of benzene rings is 4. The molecule has 0 saturated carbocycles. The van der Waals surface area contributed by atoms with Gasteiger partial charge in [-0.1, -0.05) is 98.8 Å². The normalized spacial score (nSPS) is 23.6. The van der Waals surface area contributed by atoms with E-state index >= 15 is 0 Å². The highest BCUT2D eigenvalue weighted by molar-refractivity contribution is 7.85. The molecule has 0 radical (unpaired) electrons. The molecule has 0 saturated heterocycles. The molecule has 0 bridgehead atoms. The first-order valence-electron chi connectivity index (χ1n) is 15.1. The summed E-state index contributed by atoms with van der Waals surface area (Å²) in [6, 6.07) is 25.1. The predicted molar refractivity (Wildman–Crippen MR) is 186 cm³/mol. The van der Waals surface area contributed by atoms with Gasteiger partial charge in [0, 0.05) is 35.5 Å². The summed E-state index contributed by atoms with van der Waals surface area (Å²) in [6.45, 7) is 8.90. The molecule has 0 aromatic heterocycles. The summed E-state index contributed by atoms with van der Waals surface area (Å²) < 4.78 is 34.6. The summed E-state index contributed by atoms with van der Waals surface area (Å²) in [4.78, 5) is 2.28. The Morgan fingerprint density at radius 2 is 1.36 bits per heavy atom. The lowest BCUT2D eigenvalue weighted by molar-refractivity contribution is 0.265. The summed E-state index contributed by atoms with van der Waals surface area (Å²) in [5.41, 5.74) is 5.37. The fourth-order valence-electron chi connectivity index (χ4n) is 7.99. The van der Waals surface area contributed by atoms with E-state index in [1.165, 1.54) is 27.7 Å². The third-order valence-corrected chi connectivity index (χ3v) is 10.6. The highest BCUT2D eigenvalue weighted by Crippen LogP contribution is 2.53. The van der Waals surface area contributed by atoms with Crippen LogP contribution >= 0.6 is 0 Å². The molecule has 6 rings (SSSR count). The maximum absolute atomic E-state index is 12.3. The van der Waals surface area contributed by atoms with Crippen molar-refractivity contribution in [2.75, 3.05) is 24.9 Å². The standard InChI is InChI=1S/C38H40N2O3S/c1-37(2)33(39(5)31-24-22-27-16-12-14-18-29(27)35(31)37)20-10-8-7-9-11-21-34-38(3,4)36-30-19-15-13-17-28(30)23-25-32(36)40(34,6)26-44(41,42)43/h7-25,34H,26H2,1-6H3/p+1/b9-7+,10-8+,21-11+,33-20+. The zero-order valence-electron chi connectivity index (χ0n) is 26.3. The molecule has 2 atom stereocenters. The van der Waals surface area contributed by atoms with Crippen LogP contribution in [0.1, 0.15) is 38.8 Å². The zero-order valence-corrected chi connectivity index (χ0v) is 27.1. The summed E-state index contributed by atoms with van der Waals surface area (Å²) >= 11 is 0. The number of likely N-dealkylation sites (N-methyl/N-ethyl adjacent to an activating group) is 2. The van der Waals surface area contributed by atoms with E-state index in [4.69, 9.17) is 0 Å². The van der Waals surface area contributed by atoms with Crippen LogP contribution in [0.3, 0.4) is 0 Å². The van der Waals surface area contributed by atoms with Crippen molar-refractivity contribution in [2.24, 2.45) is 0 Å². The minimum absolute atomic E-state index is 0.0783. The van der Waals surface area contributed by atoms with Crippen LogP contribution in [0, 0.1) is 0 Å². The molecule has 6 heteroatoms. The minimum Gasteiger partial charge on any atom is -0.347 e. The topological polar surface area (TPSA) is 57.6 Å². The van der Waals surface area contributed by atoms with Crippen LogP contribution in [0.2, 0.25) is 0 Å². The first-order valence-corrected chi connectivity index (χ1v) is 16.7. The summed E-state index contributed by atoms with van der Waals surface area (Å²) in [5.74, 6) is -0.394. The minimum atomic E-state index is -4.24. The summed E-state index contributed by atoms with van der Waals surface area (Å²) in [7, 11) is -0.207. The molecule has 0 fully saturated rings. The third kappa shape index (κ3) is 4.82. The van der Waals surface area contributed by atoms with Crippen molar-refractivity contribution in [3.63, 3.8) is 0 Å². The summed E-state index contributed by atoms with van der Waals surface area (Å²) in [5, 5.41) is 4.79. The Balaban J connectivity index is 1.27. The first kappa shape index (κ1) is 30.1. The van der Waals surface area contributed by atoms with E-state index in [9.17, 15) is 13.0 Å². The van der Waals surface area contributed by atoms with Crippen molar-refractivity contribution in [1.29, 1.82) is 0 Å². The maximum Gasteiger partial charge on any atom is 0.316 e. The molecule has 5 nitrogen and oxygen atoms in total. The third-order valence-electron chi connectivity index (χ3n) is 9.77. The Morgan fingerprint density at radius 3 is 2.02 bits per heavy atom. The highest BCUT2D eigenvalue weighted by Gasteiger charge is 2.56. The molecule has 2 unspecified atom stereocenters. The van der Waals surface area contributed by atoms with Crippen LogP contribution in [-0.2, 0) is 20.9 Å². The van der Waals surface area contributed by atoms with Crippen LogP contribution in [-0.4, -0.2) is 39.0 Å². The number of quaternary nitrogens is 1. The van der Waals surface area contributed by atoms with E-state index in [1.807, 2.05) is 55.6 Å². The van der Waals surface area contributed by atoms with Gasteiger partial charge in [0.25, 0.3) is 0 Å². The number of nitrogens with zero attached hydrogens (tertiary/aromatic N) is 2. The quantitative estimate of drug-likeness (QED) is 0.136. The van der Waals surface area contributed by atoms with Gasteiger partial charge in [-0.15, -0.1) is 0 Å². The number of anilines is 1. The number of hydrogen-bond donors (Lipinski definition) is 1. The van der Waals surface area contributed by atoms with E-state index in [1.54, 1.807) is 0 Å². The molecular formula is C38H41N2O3S+. The maximum atomic E-state index is 12.3. The molecule has 0 aliphatic carbocycles. The van der Waals surface area contributed by atoms with E-state index in [0.717, 1.165) is 22.0 Å². The largest absolute Gasteiger partial charge is 0.347 e. The van der Waals surface area contributed by atoms with E-state index in [-0.39, 0.29) is 21.4 Å². The molecule has 4 aromatic carbocycles. The van der Waals surface area contributed by atoms with Gasteiger partial charge in [-0.05, 0) is 65.2 Å². The van der Waals surface area contributed by atoms with Crippen LogP contribution in [0.25, 0.3) is 21.5 Å². The van der Waals surface area contributed by atoms with Gasteiger partial charge in [0.15, 0.2) is 0 Å². The van der Waals surface area contributed by atoms with Gasteiger partial charge in [-0.25, -0.2) is 0 Å². The Hall–Kier alpha value is -3.97. The number of fused-ring (bicyclic) bond motifs is 6. The molecule has 2 aliphatic heterocycles. The van der Waals surface area contributed by atoms with Gasteiger partial charge in [-0.2, -0.15) is 8.42 Å². The van der Waals surface area contributed by atoms with Crippen LogP contribution < -0.4 is 9.38 Å². The van der Waals surface area contributed by atoms with Crippen molar-refractivity contribution in [3.8, 4) is 0 Å². The van der Waals surface area contributed by atoms with E-state index < -0.39 is 16.0 Å². The van der Waals surface area contributed by atoms with Crippen molar-refractivity contribution in [2.45, 2.75) is 44.6 Å². The average molecular weight is 606 g/mol. The molecule has 4 aromatic rings. The Kier molecular flexibility index (Phi) is 7.23. The number of hydrogen-bond acceptors (Lipinski definition) is 3. The molecule has 44 heavy (non-hydrogen) atoms. The van der Waals surface area contributed by atoms with Crippen molar-refractivity contribution in [1.82, 2.24) is 4.48 Å². The lowest BCUT2D eigenvalue weighted by Crippen LogP contribution is -2.56. The monoisotopic (exact) mass is 605 g/mol. The SMILES string of the molecule is CN1/C(=C/C=C/C=C/C=C/C2C(C)(C)c3c(ccc4ccccc34)[N+]2(C)CS(=O)(=O)O)C(C)(C)c2c1ccc1ccccc21. The number of allylic oxidation sites excluding steroid dienone is 7. The van der Waals surface area contributed by atoms with Gasteiger partial charge in [0.05, 0.1) is 12.5 Å².